The van der Waals surface area contributed by atoms with E-state index >= 15 is 0 Å². The van der Waals surface area contributed by atoms with Crippen molar-refractivity contribution >= 4 is 17.6 Å². The topological polar surface area (TPSA) is 201 Å². The van der Waals surface area contributed by atoms with Gasteiger partial charge in [0.15, 0.2) is 0 Å². The fourth-order valence-corrected chi connectivity index (χ4v) is 7.44. The van der Waals surface area contributed by atoms with Crippen LogP contribution in [0.4, 0.5) is 5.69 Å². The summed E-state index contributed by atoms with van der Waals surface area (Å²) in [7, 11) is 1.68. The van der Waals surface area contributed by atoms with Crippen LogP contribution in [0.5, 0.6) is 11.5 Å². The van der Waals surface area contributed by atoms with E-state index in [4.69, 9.17) is 28.4 Å². The second-order valence-electron chi connectivity index (χ2n) is 14.6. The van der Waals surface area contributed by atoms with Crippen LogP contribution in [0.2, 0.25) is 0 Å². The molecular weight excluding hydrogens is 760 g/mol. The molecule has 18 heteroatoms. The van der Waals surface area contributed by atoms with Gasteiger partial charge in [0.2, 0.25) is 5.91 Å². The molecule has 58 heavy (non-hydrogen) atoms. The summed E-state index contributed by atoms with van der Waals surface area (Å²) in [4.78, 5) is 60.7. The zero-order chi connectivity index (χ0) is 41.1. The Balaban J connectivity index is 1.32. The molecule has 2 fully saturated rings. The number of unbranched alkanes of at least 4 members (excludes halogenated alkanes) is 2. The summed E-state index contributed by atoms with van der Waals surface area (Å²) in [6.07, 6.45) is 2.68. The largest absolute Gasteiger partial charge is 0.490 e. The summed E-state index contributed by atoms with van der Waals surface area (Å²) in [6.45, 7) is 2.91. The van der Waals surface area contributed by atoms with E-state index in [0.717, 1.165) is 55.1 Å². The molecule has 1 amide bonds. The number of para-hydroxylation sites is 1. The number of rotatable bonds is 24. The fourth-order valence-electron chi connectivity index (χ4n) is 7.44. The van der Waals surface area contributed by atoms with Gasteiger partial charge in [-0.2, -0.15) is 0 Å². The van der Waals surface area contributed by atoms with Crippen molar-refractivity contribution in [3.8, 4) is 11.5 Å². The SMILES string of the molecule is COCCCN1CCOc2ccc(COC3CN(C(=O)CCCCO[N+](=O)[O-])CC(OC(=O)CCCCO[N+](=O)[O-])C3OC3CCC(Oc4ccccc4)CC3)cc21. The number of carbonyl (C=O) groups is 2. The predicted octanol–water partition coefficient (Wildman–Crippen LogP) is 5.09. The van der Waals surface area contributed by atoms with Gasteiger partial charge in [0, 0.05) is 39.6 Å². The Morgan fingerprint density at radius 3 is 2.22 bits per heavy atom. The fraction of sp³-hybridized carbons (Fsp3) is 0.650. The minimum Gasteiger partial charge on any atom is -0.490 e. The Morgan fingerprint density at radius 2 is 1.52 bits per heavy atom. The number of anilines is 1. The highest BCUT2D eigenvalue weighted by molar-refractivity contribution is 5.76. The van der Waals surface area contributed by atoms with Gasteiger partial charge in [-0.25, -0.2) is 0 Å². The van der Waals surface area contributed by atoms with Crippen molar-refractivity contribution < 1.29 is 57.9 Å². The van der Waals surface area contributed by atoms with Crippen molar-refractivity contribution in [1.29, 1.82) is 0 Å². The quantitative estimate of drug-likeness (QED) is 0.0586. The molecule has 0 N–H and O–H groups in total. The first kappa shape index (κ1) is 44.2. The molecular formula is C40H56N4O14. The van der Waals surface area contributed by atoms with Gasteiger partial charge in [0.05, 0.1) is 50.8 Å². The zero-order valence-corrected chi connectivity index (χ0v) is 33.2. The molecule has 2 aliphatic heterocycles. The normalized spacial score (nSPS) is 21.6. The molecule has 3 unspecified atom stereocenters. The van der Waals surface area contributed by atoms with E-state index in [9.17, 15) is 29.8 Å². The Hall–Kier alpha value is -4.94. The first-order valence-electron chi connectivity index (χ1n) is 20.2. The first-order chi connectivity index (χ1) is 28.2. The molecule has 0 spiro atoms. The number of fused-ring (bicyclic) bond motifs is 1. The number of methoxy groups -OCH3 is 1. The highest BCUT2D eigenvalue weighted by atomic mass is 17.0. The van der Waals surface area contributed by atoms with E-state index in [1.165, 1.54) is 0 Å². The average Bonchev–Trinajstić information content (AvgIpc) is 3.21. The number of carbonyl (C=O) groups excluding carboxylic acids is 2. The standard InChI is InChI=1S/C40H56N4O14/c1-51-22-9-20-41-21-25-52-35-19-14-30(26-34(35)41)29-53-36-27-42(38(45)12-5-7-23-54-43(47)48)28-37(58-39(46)13-6-8-24-55-44(49)50)40(36)57-33-17-15-32(16-18-33)56-31-10-3-2-4-11-31/h2-4,10-11,14,19,26,32-33,36-37,40H,5-9,12-13,15-18,20-25,27-29H2,1H3. The summed E-state index contributed by atoms with van der Waals surface area (Å²) >= 11 is 0. The highest BCUT2D eigenvalue weighted by Gasteiger charge is 2.44. The molecule has 0 bridgehead atoms. The van der Waals surface area contributed by atoms with Gasteiger partial charge in [-0.05, 0) is 87.6 Å². The van der Waals surface area contributed by atoms with Crippen molar-refractivity contribution in [2.75, 3.05) is 64.6 Å². The number of nitrogens with zero attached hydrogens (tertiary/aromatic N) is 4. The molecule has 2 heterocycles. The van der Waals surface area contributed by atoms with Crippen molar-refractivity contribution in [2.45, 2.75) is 108 Å². The van der Waals surface area contributed by atoms with Crippen LogP contribution in [0.15, 0.2) is 48.5 Å². The van der Waals surface area contributed by atoms with Crippen LogP contribution < -0.4 is 14.4 Å². The summed E-state index contributed by atoms with van der Waals surface area (Å²) in [5.41, 5.74) is 1.85. The Morgan fingerprint density at radius 1 is 0.828 bits per heavy atom. The molecule has 1 aliphatic carbocycles. The van der Waals surface area contributed by atoms with Crippen LogP contribution in [0.25, 0.3) is 0 Å². The van der Waals surface area contributed by atoms with E-state index in [0.29, 0.717) is 45.3 Å². The third-order valence-corrected chi connectivity index (χ3v) is 10.4. The lowest BCUT2D eigenvalue weighted by Gasteiger charge is -2.44. The van der Waals surface area contributed by atoms with Crippen molar-refractivity contribution in [1.82, 2.24) is 4.90 Å². The lowest BCUT2D eigenvalue weighted by molar-refractivity contribution is -0.757. The minimum absolute atomic E-state index is 0.0137. The number of esters is 1. The van der Waals surface area contributed by atoms with Crippen molar-refractivity contribution in [3.63, 3.8) is 0 Å². The zero-order valence-electron chi connectivity index (χ0n) is 33.2. The van der Waals surface area contributed by atoms with Crippen LogP contribution in [0.3, 0.4) is 0 Å². The number of piperidine rings is 1. The molecule has 0 radical (unpaired) electrons. The summed E-state index contributed by atoms with van der Waals surface area (Å²) in [6, 6.07) is 15.6. The van der Waals surface area contributed by atoms with Gasteiger partial charge in [-0.3, -0.25) is 9.59 Å². The molecule has 1 saturated carbocycles. The van der Waals surface area contributed by atoms with Gasteiger partial charge < -0.3 is 47.9 Å². The molecule has 2 aromatic rings. The van der Waals surface area contributed by atoms with E-state index in [-0.39, 0.29) is 70.3 Å². The second-order valence-corrected chi connectivity index (χ2v) is 14.6. The number of likely N-dealkylation sites (tertiary alicyclic amines) is 1. The van der Waals surface area contributed by atoms with Crippen LogP contribution in [-0.4, -0.2) is 117 Å². The van der Waals surface area contributed by atoms with Crippen LogP contribution in [-0.2, 0) is 44.8 Å². The van der Waals surface area contributed by atoms with Crippen molar-refractivity contribution in [2.24, 2.45) is 0 Å². The molecule has 3 aliphatic rings. The van der Waals surface area contributed by atoms with E-state index < -0.39 is 34.5 Å². The maximum Gasteiger partial charge on any atom is 0.306 e. The summed E-state index contributed by atoms with van der Waals surface area (Å²) in [5, 5.41) is 19.4. The molecule has 18 nitrogen and oxygen atoms in total. The van der Waals surface area contributed by atoms with Gasteiger partial charge in [0.25, 0.3) is 10.2 Å². The summed E-state index contributed by atoms with van der Waals surface area (Å²) in [5.74, 6) is 0.845. The van der Waals surface area contributed by atoms with Gasteiger partial charge in [-0.1, -0.05) is 24.3 Å². The van der Waals surface area contributed by atoms with Crippen LogP contribution >= 0.6 is 0 Å². The summed E-state index contributed by atoms with van der Waals surface area (Å²) < 4.78 is 37.0. The third-order valence-electron chi connectivity index (χ3n) is 10.4. The van der Waals surface area contributed by atoms with Crippen LogP contribution in [0, 0.1) is 20.2 Å². The van der Waals surface area contributed by atoms with Crippen LogP contribution in [0.1, 0.15) is 76.2 Å². The number of benzene rings is 2. The van der Waals surface area contributed by atoms with Gasteiger partial charge >= 0.3 is 5.97 Å². The molecule has 5 rings (SSSR count). The lowest BCUT2D eigenvalue weighted by Crippen LogP contribution is -2.60. The first-order valence-corrected chi connectivity index (χ1v) is 20.2. The average molecular weight is 817 g/mol. The van der Waals surface area contributed by atoms with Gasteiger partial charge in [-0.15, -0.1) is 20.2 Å². The predicted molar refractivity (Wildman–Crippen MR) is 207 cm³/mol. The minimum atomic E-state index is -0.880. The maximum absolute atomic E-state index is 13.6. The van der Waals surface area contributed by atoms with E-state index in [2.05, 4.69) is 14.6 Å². The van der Waals surface area contributed by atoms with E-state index in [1.54, 1.807) is 12.0 Å². The third kappa shape index (κ3) is 14.5. The number of amides is 1. The molecule has 3 atom stereocenters. The van der Waals surface area contributed by atoms with Crippen molar-refractivity contribution in [3.05, 3.63) is 74.3 Å². The lowest BCUT2D eigenvalue weighted by atomic mass is 9.93. The Labute approximate surface area is 338 Å². The monoisotopic (exact) mass is 816 g/mol. The molecule has 0 aromatic heterocycles. The number of ether oxygens (including phenoxy) is 6. The molecule has 1 saturated heterocycles. The van der Waals surface area contributed by atoms with Gasteiger partial charge in [0.1, 0.15) is 36.4 Å². The second kappa shape index (κ2) is 23.5. The highest BCUT2D eigenvalue weighted by Crippen LogP contribution is 2.34. The Bertz CT molecular complexity index is 1590. The smallest absolute Gasteiger partial charge is 0.306 e. The van der Waals surface area contributed by atoms with E-state index in [1.807, 2.05) is 48.5 Å². The molecule has 320 valence electrons. The maximum atomic E-state index is 13.6. The number of hydrogen-bond donors (Lipinski definition) is 0. The Kier molecular flexibility index (Phi) is 17.9. The number of hydrogen-bond acceptors (Lipinski definition) is 15. The molecule has 2 aromatic carbocycles.